The molecule has 15 heavy (non-hydrogen) atoms. The topological polar surface area (TPSA) is 55.1 Å². The largest absolute Gasteiger partial charge is 0.292 e. The summed E-state index contributed by atoms with van der Waals surface area (Å²) >= 11 is 1.65. The Morgan fingerprint density at radius 3 is 2.27 bits per heavy atom. The van der Waals surface area contributed by atoms with E-state index in [2.05, 4.69) is 5.43 Å². The zero-order valence-electron chi connectivity index (χ0n) is 9.20. The van der Waals surface area contributed by atoms with Crippen LogP contribution in [0.15, 0.2) is 29.2 Å². The molecule has 0 aliphatic heterocycles. The standard InChI is InChI=1S/C11H16N2OS/c1-11(2,13-12)10(14)8-4-6-9(15-3)7-5-8/h4-7,13H,12H2,1-3H3. The lowest BCUT2D eigenvalue weighted by atomic mass is 9.94. The van der Waals surface area contributed by atoms with Crippen molar-refractivity contribution in [1.82, 2.24) is 5.43 Å². The maximum Gasteiger partial charge on any atom is 0.183 e. The molecule has 0 unspecified atom stereocenters. The van der Waals surface area contributed by atoms with Crippen LogP contribution < -0.4 is 11.3 Å². The van der Waals surface area contributed by atoms with E-state index in [-0.39, 0.29) is 5.78 Å². The van der Waals surface area contributed by atoms with E-state index in [1.807, 2.05) is 30.5 Å². The van der Waals surface area contributed by atoms with Gasteiger partial charge in [0.25, 0.3) is 0 Å². The van der Waals surface area contributed by atoms with E-state index in [1.54, 1.807) is 25.6 Å². The Morgan fingerprint density at radius 1 is 1.33 bits per heavy atom. The average molecular weight is 224 g/mol. The van der Waals surface area contributed by atoms with Crippen LogP contribution in [0.4, 0.5) is 0 Å². The molecular weight excluding hydrogens is 208 g/mol. The summed E-state index contributed by atoms with van der Waals surface area (Å²) < 4.78 is 0. The van der Waals surface area contributed by atoms with E-state index in [4.69, 9.17) is 5.84 Å². The van der Waals surface area contributed by atoms with Crippen LogP contribution in [-0.2, 0) is 0 Å². The Bertz CT molecular complexity index is 346. The molecule has 82 valence electrons. The summed E-state index contributed by atoms with van der Waals surface area (Å²) in [5, 5.41) is 0. The molecule has 0 fully saturated rings. The summed E-state index contributed by atoms with van der Waals surface area (Å²) in [5.74, 6) is 5.32. The maximum absolute atomic E-state index is 11.9. The number of carbonyl (C=O) groups excluding carboxylic acids is 1. The van der Waals surface area contributed by atoms with E-state index in [0.29, 0.717) is 5.56 Å². The second kappa shape index (κ2) is 4.79. The fourth-order valence-electron chi connectivity index (χ4n) is 1.17. The van der Waals surface area contributed by atoms with Gasteiger partial charge in [-0.2, -0.15) is 0 Å². The van der Waals surface area contributed by atoms with Gasteiger partial charge in [-0.25, -0.2) is 5.43 Å². The molecule has 1 aromatic rings. The van der Waals surface area contributed by atoms with Gasteiger partial charge in [0.15, 0.2) is 5.78 Å². The van der Waals surface area contributed by atoms with E-state index in [1.165, 1.54) is 0 Å². The highest BCUT2D eigenvalue weighted by Gasteiger charge is 2.26. The number of hydrogen-bond acceptors (Lipinski definition) is 4. The van der Waals surface area contributed by atoms with Crippen LogP contribution in [0, 0.1) is 0 Å². The molecule has 0 radical (unpaired) electrons. The summed E-state index contributed by atoms with van der Waals surface area (Å²) in [4.78, 5) is 13.1. The summed E-state index contributed by atoms with van der Waals surface area (Å²) in [7, 11) is 0. The number of nitrogens with one attached hydrogen (secondary N) is 1. The SMILES string of the molecule is CSc1ccc(C(=O)C(C)(C)NN)cc1. The summed E-state index contributed by atoms with van der Waals surface area (Å²) in [6, 6.07) is 7.52. The molecule has 1 rings (SSSR count). The number of nitrogens with two attached hydrogens (primary N) is 1. The van der Waals surface area contributed by atoms with E-state index in [0.717, 1.165) is 4.90 Å². The normalized spacial score (nSPS) is 11.5. The number of ketones is 1. The van der Waals surface area contributed by atoms with Gasteiger partial charge in [-0.05, 0) is 32.2 Å². The summed E-state index contributed by atoms with van der Waals surface area (Å²) in [6.07, 6.45) is 2.00. The van der Waals surface area contributed by atoms with Gasteiger partial charge >= 0.3 is 0 Å². The fourth-order valence-corrected chi connectivity index (χ4v) is 1.58. The Balaban J connectivity index is 2.92. The molecule has 0 aromatic heterocycles. The molecule has 4 heteroatoms. The number of benzene rings is 1. The van der Waals surface area contributed by atoms with Gasteiger partial charge in [-0.3, -0.25) is 10.6 Å². The Morgan fingerprint density at radius 2 is 1.87 bits per heavy atom. The van der Waals surface area contributed by atoms with Crippen molar-refractivity contribution in [2.45, 2.75) is 24.3 Å². The van der Waals surface area contributed by atoms with Gasteiger partial charge in [0.05, 0.1) is 5.54 Å². The van der Waals surface area contributed by atoms with Crippen molar-refractivity contribution in [3.63, 3.8) is 0 Å². The van der Waals surface area contributed by atoms with Gasteiger partial charge in [0.2, 0.25) is 0 Å². The highest BCUT2D eigenvalue weighted by Crippen LogP contribution is 2.17. The molecule has 0 bridgehead atoms. The molecule has 0 amide bonds. The first-order chi connectivity index (χ1) is 7.01. The first kappa shape index (κ1) is 12.2. The maximum atomic E-state index is 11.9. The third-order valence-electron chi connectivity index (χ3n) is 2.28. The lowest BCUT2D eigenvalue weighted by Gasteiger charge is -2.21. The van der Waals surface area contributed by atoms with E-state index < -0.39 is 5.54 Å². The van der Waals surface area contributed by atoms with Crippen molar-refractivity contribution < 1.29 is 4.79 Å². The molecule has 1 aromatic carbocycles. The highest BCUT2D eigenvalue weighted by atomic mass is 32.2. The number of hydrazine groups is 1. The van der Waals surface area contributed by atoms with Crippen LogP contribution in [0.1, 0.15) is 24.2 Å². The van der Waals surface area contributed by atoms with Gasteiger partial charge in [-0.1, -0.05) is 12.1 Å². The first-order valence-corrected chi connectivity index (χ1v) is 5.90. The van der Waals surface area contributed by atoms with Crippen LogP contribution in [0.25, 0.3) is 0 Å². The Hall–Kier alpha value is -0.840. The predicted octanol–water partition coefficient (Wildman–Crippen LogP) is 1.83. The minimum Gasteiger partial charge on any atom is -0.292 e. The molecule has 0 spiro atoms. The van der Waals surface area contributed by atoms with E-state index >= 15 is 0 Å². The smallest absolute Gasteiger partial charge is 0.183 e. The summed E-state index contributed by atoms with van der Waals surface area (Å²) in [6.45, 7) is 3.52. The molecule has 0 saturated carbocycles. The molecule has 0 heterocycles. The first-order valence-electron chi connectivity index (χ1n) is 4.68. The van der Waals surface area contributed by atoms with Crippen LogP contribution in [-0.4, -0.2) is 17.6 Å². The third kappa shape index (κ3) is 2.81. The van der Waals surface area contributed by atoms with Crippen LogP contribution in [0.2, 0.25) is 0 Å². The van der Waals surface area contributed by atoms with Gasteiger partial charge in [-0.15, -0.1) is 11.8 Å². The number of carbonyl (C=O) groups is 1. The average Bonchev–Trinajstić information content (AvgIpc) is 2.28. The van der Waals surface area contributed by atoms with Gasteiger partial charge in [0.1, 0.15) is 0 Å². The molecule has 0 aliphatic rings. The third-order valence-corrected chi connectivity index (χ3v) is 3.02. The Kier molecular flexibility index (Phi) is 3.90. The van der Waals surface area contributed by atoms with Crippen molar-refractivity contribution in [2.75, 3.05) is 6.26 Å². The zero-order chi connectivity index (χ0) is 11.5. The lowest BCUT2D eigenvalue weighted by molar-refractivity contribution is 0.0883. The van der Waals surface area contributed by atoms with Crippen LogP contribution in [0.5, 0.6) is 0 Å². The number of Topliss-reactive ketones (excluding diaryl/α,β-unsaturated/α-hetero) is 1. The predicted molar refractivity (Wildman–Crippen MR) is 64.0 cm³/mol. The van der Waals surface area contributed by atoms with Crippen LogP contribution in [0.3, 0.4) is 0 Å². The van der Waals surface area contributed by atoms with Crippen LogP contribution >= 0.6 is 11.8 Å². The van der Waals surface area contributed by atoms with Crippen molar-refractivity contribution in [3.05, 3.63) is 29.8 Å². The highest BCUT2D eigenvalue weighted by molar-refractivity contribution is 7.98. The lowest BCUT2D eigenvalue weighted by Crippen LogP contribution is -2.50. The molecule has 0 saturated heterocycles. The van der Waals surface area contributed by atoms with E-state index in [9.17, 15) is 4.79 Å². The second-order valence-electron chi connectivity index (χ2n) is 3.83. The number of hydrogen-bond donors (Lipinski definition) is 2. The monoisotopic (exact) mass is 224 g/mol. The van der Waals surface area contributed by atoms with Crippen molar-refractivity contribution in [1.29, 1.82) is 0 Å². The number of thioether (sulfide) groups is 1. The Labute approximate surface area is 94.4 Å². The summed E-state index contributed by atoms with van der Waals surface area (Å²) in [5.41, 5.74) is 2.47. The molecule has 3 nitrogen and oxygen atoms in total. The van der Waals surface area contributed by atoms with Crippen molar-refractivity contribution >= 4 is 17.5 Å². The van der Waals surface area contributed by atoms with Gasteiger partial charge < -0.3 is 0 Å². The molecule has 3 N–H and O–H groups in total. The molecule has 0 atom stereocenters. The molecule has 0 aliphatic carbocycles. The fraction of sp³-hybridized carbons (Fsp3) is 0.364. The van der Waals surface area contributed by atoms with Gasteiger partial charge in [0, 0.05) is 10.5 Å². The second-order valence-corrected chi connectivity index (χ2v) is 4.71. The quantitative estimate of drug-likeness (QED) is 0.354. The zero-order valence-corrected chi connectivity index (χ0v) is 10.0. The van der Waals surface area contributed by atoms with Crippen molar-refractivity contribution in [2.24, 2.45) is 5.84 Å². The number of rotatable bonds is 4. The van der Waals surface area contributed by atoms with Crippen molar-refractivity contribution in [3.8, 4) is 0 Å². The molecular formula is C11H16N2OS. The minimum atomic E-state index is -0.721. The minimum absolute atomic E-state index is 0.00217.